The number of sulfonamides is 1. The standard InChI is InChI=1S/C21H20ClN3O4S/c1-14-2-6-18(26)19(12-14)30(28,29)25-10-8-24(9-11-25)21(27)16-3-5-17-15(13-16)4-7-20(22)23-17/h2-7,12-13,26H,8-11H2,1H3. The molecule has 0 saturated carbocycles. The Labute approximate surface area is 179 Å². The molecule has 0 unspecified atom stereocenters. The number of carbonyl (C=O) groups excluding carboxylic acids is 1. The zero-order chi connectivity index (χ0) is 21.5. The molecular formula is C21H20ClN3O4S. The number of hydrogen-bond acceptors (Lipinski definition) is 5. The highest BCUT2D eigenvalue weighted by Crippen LogP contribution is 2.27. The molecule has 1 aromatic heterocycles. The van der Waals surface area contributed by atoms with Crippen LogP contribution in [0.1, 0.15) is 15.9 Å². The van der Waals surface area contributed by atoms with Crippen molar-refractivity contribution in [2.24, 2.45) is 0 Å². The molecule has 1 aliphatic heterocycles. The molecule has 2 heterocycles. The van der Waals surface area contributed by atoms with Gasteiger partial charge in [-0.15, -0.1) is 0 Å². The van der Waals surface area contributed by atoms with Crippen molar-refractivity contribution in [2.75, 3.05) is 26.2 Å². The molecule has 0 atom stereocenters. The van der Waals surface area contributed by atoms with Gasteiger partial charge in [0.05, 0.1) is 5.52 Å². The molecule has 0 radical (unpaired) electrons. The maximum atomic E-state index is 12.9. The average Bonchev–Trinajstić information content (AvgIpc) is 2.74. The van der Waals surface area contributed by atoms with E-state index in [0.29, 0.717) is 16.2 Å². The summed E-state index contributed by atoms with van der Waals surface area (Å²) in [6.07, 6.45) is 0. The van der Waals surface area contributed by atoms with Crippen LogP contribution in [0.15, 0.2) is 53.4 Å². The Kier molecular flexibility index (Phi) is 5.40. The number of pyridine rings is 1. The van der Waals surface area contributed by atoms with Crippen LogP contribution < -0.4 is 0 Å². The average molecular weight is 446 g/mol. The van der Waals surface area contributed by atoms with E-state index in [-0.39, 0.29) is 42.7 Å². The molecule has 0 bridgehead atoms. The number of phenols is 1. The molecule has 1 aliphatic rings. The van der Waals surface area contributed by atoms with Gasteiger partial charge < -0.3 is 10.0 Å². The van der Waals surface area contributed by atoms with E-state index < -0.39 is 10.0 Å². The molecule has 30 heavy (non-hydrogen) atoms. The number of piperazine rings is 1. The molecule has 0 spiro atoms. The Morgan fingerprint density at radius 3 is 2.50 bits per heavy atom. The third-order valence-electron chi connectivity index (χ3n) is 5.16. The Balaban J connectivity index is 1.49. The van der Waals surface area contributed by atoms with Crippen molar-refractivity contribution in [1.82, 2.24) is 14.2 Å². The minimum absolute atomic E-state index is 0.108. The first-order valence-corrected chi connectivity index (χ1v) is 11.2. The molecule has 1 amide bonds. The first-order chi connectivity index (χ1) is 14.3. The maximum absolute atomic E-state index is 12.9. The number of rotatable bonds is 3. The summed E-state index contributed by atoms with van der Waals surface area (Å²) in [5.74, 6) is -0.439. The molecule has 7 nitrogen and oxygen atoms in total. The molecule has 3 aromatic rings. The van der Waals surface area contributed by atoms with E-state index in [9.17, 15) is 18.3 Å². The maximum Gasteiger partial charge on any atom is 0.253 e. The van der Waals surface area contributed by atoms with Gasteiger partial charge in [-0.3, -0.25) is 4.79 Å². The van der Waals surface area contributed by atoms with Crippen molar-refractivity contribution in [3.05, 3.63) is 64.8 Å². The summed E-state index contributed by atoms with van der Waals surface area (Å²) in [6.45, 7) is 2.61. The van der Waals surface area contributed by atoms with Gasteiger partial charge >= 0.3 is 0 Å². The summed E-state index contributed by atoms with van der Waals surface area (Å²) in [5, 5.41) is 11.2. The van der Waals surface area contributed by atoms with E-state index in [2.05, 4.69) is 4.98 Å². The number of halogens is 1. The van der Waals surface area contributed by atoms with Crippen LogP contribution in [0.3, 0.4) is 0 Å². The monoisotopic (exact) mass is 445 g/mol. The lowest BCUT2D eigenvalue weighted by molar-refractivity contribution is 0.0698. The highest BCUT2D eigenvalue weighted by atomic mass is 35.5. The molecule has 4 rings (SSSR count). The molecule has 9 heteroatoms. The van der Waals surface area contributed by atoms with Crippen LogP contribution >= 0.6 is 11.6 Å². The van der Waals surface area contributed by atoms with Crippen LogP contribution in [0.25, 0.3) is 10.9 Å². The second kappa shape index (κ2) is 7.86. The van der Waals surface area contributed by atoms with E-state index in [0.717, 1.165) is 10.9 Å². The smallest absolute Gasteiger partial charge is 0.253 e. The Bertz CT molecular complexity index is 1240. The highest BCUT2D eigenvalue weighted by Gasteiger charge is 2.32. The van der Waals surface area contributed by atoms with Gasteiger partial charge in [-0.2, -0.15) is 4.31 Å². The van der Waals surface area contributed by atoms with Gasteiger partial charge in [0.2, 0.25) is 10.0 Å². The minimum atomic E-state index is -3.84. The zero-order valence-electron chi connectivity index (χ0n) is 16.2. The van der Waals surface area contributed by atoms with Crippen LogP contribution in [-0.4, -0.2) is 59.8 Å². The van der Waals surface area contributed by atoms with Gasteiger partial charge in [0, 0.05) is 37.1 Å². The Morgan fingerprint density at radius 1 is 1.03 bits per heavy atom. The number of aromatic nitrogens is 1. The van der Waals surface area contributed by atoms with Crippen molar-refractivity contribution < 1.29 is 18.3 Å². The Morgan fingerprint density at radius 2 is 1.77 bits per heavy atom. The summed E-state index contributed by atoms with van der Waals surface area (Å²) >= 11 is 5.90. The number of benzene rings is 2. The number of aromatic hydroxyl groups is 1. The van der Waals surface area contributed by atoms with Crippen LogP contribution in [0.2, 0.25) is 5.15 Å². The fourth-order valence-electron chi connectivity index (χ4n) is 3.51. The second-order valence-electron chi connectivity index (χ2n) is 7.21. The number of fused-ring (bicyclic) bond motifs is 1. The van der Waals surface area contributed by atoms with Crippen LogP contribution in [0, 0.1) is 6.92 Å². The molecular weight excluding hydrogens is 426 g/mol. The number of amides is 1. The highest BCUT2D eigenvalue weighted by molar-refractivity contribution is 7.89. The quantitative estimate of drug-likeness (QED) is 0.626. The van der Waals surface area contributed by atoms with E-state index >= 15 is 0 Å². The molecule has 156 valence electrons. The molecule has 0 aliphatic carbocycles. The van der Waals surface area contributed by atoms with E-state index in [4.69, 9.17) is 11.6 Å². The summed E-state index contributed by atoms with van der Waals surface area (Å²) in [6, 6.07) is 13.2. The minimum Gasteiger partial charge on any atom is -0.507 e. The Hall–Kier alpha value is -2.68. The zero-order valence-corrected chi connectivity index (χ0v) is 17.8. The lowest BCUT2D eigenvalue weighted by atomic mass is 10.1. The number of phenolic OH excluding ortho intramolecular Hbond substituents is 1. The molecule has 1 fully saturated rings. The molecule has 1 N–H and O–H groups in total. The fraction of sp³-hybridized carbons (Fsp3) is 0.238. The van der Waals surface area contributed by atoms with Gasteiger partial charge in [-0.05, 0) is 55.0 Å². The predicted molar refractivity (Wildman–Crippen MR) is 114 cm³/mol. The van der Waals surface area contributed by atoms with Crippen molar-refractivity contribution in [3.63, 3.8) is 0 Å². The van der Waals surface area contributed by atoms with Gasteiger partial charge in [0.25, 0.3) is 5.91 Å². The van der Waals surface area contributed by atoms with Gasteiger partial charge in [0.15, 0.2) is 0 Å². The van der Waals surface area contributed by atoms with Crippen LogP contribution in [0.5, 0.6) is 5.75 Å². The first kappa shape index (κ1) is 20.6. The molecule has 1 saturated heterocycles. The summed E-state index contributed by atoms with van der Waals surface area (Å²) in [4.78, 5) is 18.6. The van der Waals surface area contributed by atoms with Crippen LogP contribution in [-0.2, 0) is 10.0 Å². The number of nitrogens with zero attached hydrogens (tertiary/aromatic N) is 3. The third-order valence-corrected chi connectivity index (χ3v) is 7.30. The molecule has 2 aromatic carbocycles. The first-order valence-electron chi connectivity index (χ1n) is 9.41. The van der Waals surface area contributed by atoms with E-state index in [1.807, 2.05) is 0 Å². The lowest BCUT2D eigenvalue weighted by Crippen LogP contribution is -2.50. The fourth-order valence-corrected chi connectivity index (χ4v) is 5.26. The van der Waals surface area contributed by atoms with E-state index in [1.54, 1.807) is 48.2 Å². The number of aryl methyl sites for hydroxylation is 1. The van der Waals surface area contributed by atoms with E-state index in [1.165, 1.54) is 16.4 Å². The second-order valence-corrected chi connectivity index (χ2v) is 9.50. The van der Waals surface area contributed by atoms with Crippen molar-refractivity contribution >= 4 is 38.4 Å². The van der Waals surface area contributed by atoms with Gasteiger partial charge in [-0.1, -0.05) is 17.7 Å². The van der Waals surface area contributed by atoms with Crippen molar-refractivity contribution in [3.8, 4) is 5.75 Å². The topological polar surface area (TPSA) is 90.8 Å². The summed E-state index contributed by atoms with van der Waals surface area (Å²) in [7, 11) is -3.84. The normalized spacial score (nSPS) is 15.5. The van der Waals surface area contributed by atoms with Gasteiger partial charge in [0.1, 0.15) is 15.8 Å². The lowest BCUT2D eigenvalue weighted by Gasteiger charge is -2.34. The van der Waals surface area contributed by atoms with Crippen molar-refractivity contribution in [1.29, 1.82) is 0 Å². The van der Waals surface area contributed by atoms with Gasteiger partial charge in [-0.25, -0.2) is 13.4 Å². The summed E-state index contributed by atoms with van der Waals surface area (Å²) in [5.41, 5.74) is 1.96. The number of carbonyl (C=O) groups is 1. The third kappa shape index (κ3) is 3.86. The van der Waals surface area contributed by atoms with Crippen LogP contribution in [0.4, 0.5) is 0 Å². The van der Waals surface area contributed by atoms with Crippen molar-refractivity contribution in [2.45, 2.75) is 11.8 Å². The predicted octanol–water partition coefficient (Wildman–Crippen LogP) is 3.05. The SMILES string of the molecule is Cc1ccc(O)c(S(=O)(=O)N2CCN(C(=O)c3ccc4nc(Cl)ccc4c3)CC2)c1. The summed E-state index contributed by atoms with van der Waals surface area (Å²) < 4.78 is 27.2. The number of hydrogen-bond donors (Lipinski definition) is 1. The largest absolute Gasteiger partial charge is 0.507 e.